The summed E-state index contributed by atoms with van der Waals surface area (Å²) in [4.78, 5) is 4.38. The van der Waals surface area contributed by atoms with E-state index in [0.29, 0.717) is 6.42 Å². The summed E-state index contributed by atoms with van der Waals surface area (Å²) in [5, 5.41) is 3.60. The van der Waals surface area contributed by atoms with Gasteiger partial charge in [0, 0.05) is 28.8 Å². The molecule has 5 heteroatoms. The Kier molecular flexibility index (Phi) is 6.15. The second-order valence-electron chi connectivity index (χ2n) is 4.82. The van der Waals surface area contributed by atoms with Crippen molar-refractivity contribution in [2.75, 3.05) is 6.54 Å². The predicted molar refractivity (Wildman–Crippen MR) is 88.1 cm³/mol. The lowest BCUT2D eigenvalue weighted by atomic mass is 10.0. The molecule has 0 aliphatic rings. The lowest BCUT2D eigenvalue weighted by Gasteiger charge is -2.20. The maximum atomic E-state index is 13.7. The van der Waals surface area contributed by atoms with Gasteiger partial charge in [-0.05, 0) is 52.7 Å². The topological polar surface area (TPSA) is 24.9 Å². The second-order valence-corrected chi connectivity index (χ2v) is 6.12. The van der Waals surface area contributed by atoms with Gasteiger partial charge in [-0.1, -0.05) is 30.7 Å². The molecule has 0 bridgehead atoms. The SMILES string of the molecule is CCCNC(Cc1ccc(Br)cn1)c1cccc(F)c1Cl. The molecule has 1 aromatic carbocycles. The summed E-state index contributed by atoms with van der Waals surface area (Å²) in [7, 11) is 0. The number of nitrogens with one attached hydrogen (secondary N) is 1. The van der Waals surface area contributed by atoms with E-state index in [4.69, 9.17) is 11.6 Å². The number of pyridine rings is 1. The number of aromatic nitrogens is 1. The third kappa shape index (κ3) is 4.50. The molecule has 1 atom stereocenters. The van der Waals surface area contributed by atoms with Gasteiger partial charge in [-0.2, -0.15) is 0 Å². The molecule has 2 aromatic rings. The molecule has 21 heavy (non-hydrogen) atoms. The van der Waals surface area contributed by atoms with Crippen molar-refractivity contribution in [2.24, 2.45) is 0 Å². The molecule has 0 saturated heterocycles. The quantitative estimate of drug-likeness (QED) is 0.779. The number of nitrogens with zero attached hydrogens (tertiary/aromatic N) is 1. The van der Waals surface area contributed by atoms with Crippen LogP contribution in [-0.2, 0) is 6.42 Å². The van der Waals surface area contributed by atoms with Gasteiger partial charge in [0.2, 0.25) is 0 Å². The second kappa shape index (κ2) is 7.87. The van der Waals surface area contributed by atoms with Crippen LogP contribution in [0.3, 0.4) is 0 Å². The van der Waals surface area contributed by atoms with Gasteiger partial charge in [-0.15, -0.1) is 0 Å². The first-order valence-electron chi connectivity index (χ1n) is 6.89. The summed E-state index contributed by atoms with van der Waals surface area (Å²) in [6, 6.07) is 8.77. The zero-order chi connectivity index (χ0) is 15.2. The van der Waals surface area contributed by atoms with E-state index in [9.17, 15) is 4.39 Å². The summed E-state index contributed by atoms with van der Waals surface area (Å²) >= 11 is 9.49. The van der Waals surface area contributed by atoms with Gasteiger partial charge in [0.05, 0.1) is 5.02 Å². The largest absolute Gasteiger partial charge is 0.310 e. The molecule has 1 unspecified atom stereocenters. The number of hydrogen-bond acceptors (Lipinski definition) is 2. The van der Waals surface area contributed by atoms with Crippen molar-refractivity contribution in [1.82, 2.24) is 10.3 Å². The summed E-state index contributed by atoms with van der Waals surface area (Å²) in [5.41, 5.74) is 1.71. The molecular formula is C16H17BrClFN2. The molecule has 2 nitrogen and oxygen atoms in total. The number of rotatable bonds is 6. The van der Waals surface area contributed by atoms with Crippen LogP contribution < -0.4 is 5.32 Å². The van der Waals surface area contributed by atoms with E-state index in [1.807, 2.05) is 18.2 Å². The van der Waals surface area contributed by atoms with Crippen molar-refractivity contribution < 1.29 is 4.39 Å². The van der Waals surface area contributed by atoms with Crippen molar-refractivity contribution in [3.63, 3.8) is 0 Å². The monoisotopic (exact) mass is 370 g/mol. The Morgan fingerprint density at radius 2 is 2.14 bits per heavy atom. The molecule has 0 radical (unpaired) electrons. The van der Waals surface area contributed by atoms with Gasteiger partial charge in [0.15, 0.2) is 0 Å². The van der Waals surface area contributed by atoms with Gasteiger partial charge in [0.1, 0.15) is 5.82 Å². The van der Waals surface area contributed by atoms with Crippen molar-refractivity contribution in [1.29, 1.82) is 0 Å². The molecule has 0 fully saturated rings. The first-order valence-corrected chi connectivity index (χ1v) is 8.06. The Balaban J connectivity index is 2.25. The van der Waals surface area contributed by atoms with Crippen molar-refractivity contribution >= 4 is 27.5 Å². The van der Waals surface area contributed by atoms with Gasteiger partial charge in [0.25, 0.3) is 0 Å². The minimum absolute atomic E-state index is 0.0539. The van der Waals surface area contributed by atoms with E-state index < -0.39 is 0 Å². The van der Waals surface area contributed by atoms with E-state index >= 15 is 0 Å². The lowest BCUT2D eigenvalue weighted by molar-refractivity contribution is 0.520. The van der Waals surface area contributed by atoms with E-state index in [-0.39, 0.29) is 16.9 Å². The molecule has 1 aromatic heterocycles. The summed E-state index contributed by atoms with van der Waals surface area (Å²) in [6.07, 6.45) is 3.42. The first-order chi connectivity index (χ1) is 10.1. The van der Waals surface area contributed by atoms with Crippen LogP contribution in [0.5, 0.6) is 0 Å². The van der Waals surface area contributed by atoms with Crippen LogP contribution in [0.2, 0.25) is 5.02 Å². The highest BCUT2D eigenvalue weighted by Gasteiger charge is 2.17. The fraction of sp³-hybridized carbons (Fsp3) is 0.312. The van der Waals surface area contributed by atoms with Crippen LogP contribution >= 0.6 is 27.5 Å². The molecule has 0 spiro atoms. The third-order valence-electron chi connectivity index (χ3n) is 3.20. The molecule has 112 valence electrons. The van der Waals surface area contributed by atoms with Crippen LogP contribution in [0.1, 0.15) is 30.6 Å². The molecular weight excluding hydrogens is 355 g/mol. The van der Waals surface area contributed by atoms with Crippen LogP contribution in [0.4, 0.5) is 4.39 Å². The number of hydrogen-bond donors (Lipinski definition) is 1. The molecule has 1 N–H and O–H groups in total. The zero-order valence-corrected chi connectivity index (χ0v) is 14.1. The van der Waals surface area contributed by atoms with E-state index in [1.54, 1.807) is 12.3 Å². The van der Waals surface area contributed by atoms with Gasteiger partial charge in [-0.3, -0.25) is 4.98 Å². The van der Waals surface area contributed by atoms with Gasteiger partial charge >= 0.3 is 0 Å². The highest BCUT2D eigenvalue weighted by molar-refractivity contribution is 9.10. The van der Waals surface area contributed by atoms with Crippen molar-refractivity contribution in [3.8, 4) is 0 Å². The van der Waals surface area contributed by atoms with Crippen LogP contribution in [0.15, 0.2) is 41.0 Å². The fourth-order valence-electron chi connectivity index (χ4n) is 2.14. The highest BCUT2D eigenvalue weighted by atomic mass is 79.9. The zero-order valence-electron chi connectivity index (χ0n) is 11.7. The number of benzene rings is 1. The predicted octanol–water partition coefficient (Wildman–Crippen LogP) is 4.92. The Hall–Kier alpha value is -0.970. The van der Waals surface area contributed by atoms with Gasteiger partial charge < -0.3 is 5.32 Å². The minimum atomic E-state index is -0.388. The van der Waals surface area contributed by atoms with Crippen molar-refractivity contribution in [3.05, 3.63) is 63.1 Å². The third-order valence-corrected chi connectivity index (χ3v) is 4.07. The van der Waals surface area contributed by atoms with E-state index in [1.165, 1.54) is 6.07 Å². The Bertz CT molecular complexity index is 589. The lowest BCUT2D eigenvalue weighted by Crippen LogP contribution is -2.25. The average molecular weight is 372 g/mol. The summed E-state index contributed by atoms with van der Waals surface area (Å²) in [5.74, 6) is -0.388. The van der Waals surface area contributed by atoms with Gasteiger partial charge in [-0.25, -0.2) is 4.39 Å². The molecule has 0 saturated carbocycles. The molecule has 0 amide bonds. The number of halogens is 3. The molecule has 0 aliphatic carbocycles. The molecule has 1 heterocycles. The Morgan fingerprint density at radius 1 is 1.33 bits per heavy atom. The smallest absolute Gasteiger partial charge is 0.142 e. The average Bonchev–Trinajstić information content (AvgIpc) is 2.48. The Morgan fingerprint density at radius 3 is 2.81 bits per heavy atom. The summed E-state index contributed by atoms with van der Waals surface area (Å²) in [6.45, 7) is 2.93. The standard InChI is InChI=1S/C16H17BrClFN2/c1-2-8-20-15(9-12-7-6-11(17)10-21-12)13-4-3-5-14(19)16(13)18/h3-7,10,15,20H,2,8-9H2,1H3. The van der Waals surface area contributed by atoms with Crippen LogP contribution in [0.25, 0.3) is 0 Å². The summed E-state index contributed by atoms with van der Waals surface area (Å²) < 4.78 is 14.6. The molecule has 2 rings (SSSR count). The Labute approximate surface area is 137 Å². The van der Waals surface area contributed by atoms with E-state index in [2.05, 4.69) is 33.2 Å². The van der Waals surface area contributed by atoms with Crippen LogP contribution in [0, 0.1) is 5.82 Å². The van der Waals surface area contributed by atoms with Crippen LogP contribution in [-0.4, -0.2) is 11.5 Å². The minimum Gasteiger partial charge on any atom is -0.310 e. The maximum Gasteiger partial charge on any atom is 0.142 e. The maximum absolute atomic E-state index is 13.7. The van der Waals surface area contributed by atoms with Crippen molar-refractivity contribution in [2.45, 2.75) is 25.8 Å². The van der Waals surface area contributed by atoms with E-state index in [0.717, 1.165) is 28.7 Å². The normalized spacial score (nSPS) is 12.4. The highest BCUT2D eigenvalue weighted by Crippen LogP contribution is 2.28. The first kappa shape index (κ1) is 16.4. The fourth-order valence-corrected chi connectivity index (χ4v) is 2.63. The molecule has 0 aliphatic heterocycles.